The SMILES string of the molecule is Cc1ccc(S(=O)(=O)N2CCC(=O)CCN(S(=O)(=O)c3ccc(C)cc3)CCN(S(=O)(=O)c3ccc(C)cc3)CCN(S(=O)(=O)c3ccc(C)cc3)CC2)cc1. The molecular weight excluding hydrogens is 797 g/mol. The van der Waals surface area contributed by atoms with E-state index < -0.39 is 59.0 Å². The summed E-state index contributed by atoms with van der Waals surface area (Å²) in [6, 6.07) is 24.5. The summed E-state index contributed by atoms with van der Waals surface area (Å²) in [5, 5.41) is 0. The maximum atomic E-state index is 14.3. The van der Waals surface area contributed by atoms with Crippen molar-refractivity contribution in [1.29, 1.82) is 0 Å². The van der Waals surface area contributed by atoms with Crippen molar-refractivity contribution in [3.05, 3.63) is 119 Å². The number of hydrogen-bond acceptors (Lipinski definition) is 9. The molecule has 0 aliphatic carbocycles. The van der Waals surface area contributed by atoms with Crippen LogP contribution in [0.3, 0.4) is 0 Å². The van der Waals surface area contributed by atoms with Crippen molar-refractivity contribution < 1.29 is 38.5 Å². The Balaban J connectivity index is 1.61. The van der Waals surface area contributed by atoms with Crippen LogP contribution < -0.4 is 0 Å². The molecule has 56 heavy (non-hydrogen) atoms. The molecule has 0 bridgehead atoms. The Hall–Kier alpha value is -3.81. The van der Waals surface area contributed by atoms with Crippen LogP contribution in [0.25, 0.3) is 0 Å². The van der Waals surface area contributed by atoms with Gasteiger partial charge in [0.05, 0.1) is 19.6 Å². The molecule has 1 heterocycles. The van der Waals surface area contributed by atoms with E-state index in [1.807, 2.05) is 0 Å². The first-order valence-electron chi connectivity index (χ1n) is 18.1. The van der Waals surface area contributed by atoms with Crippen LogP contribution in [-0.2, 0) is 44.9 Å². The minimum absolute atomic E-state index is 0.0489. The number of benzene rings is 4. The number of Topliss-reactive ketones (excluding diaryl/α,β-unsaturated/α-hetero) is 1. The molecule has 0 atom stereocenters. The predicted molar refractivity (Wildman–Crippen MR) is 214 cm³/mol. The summed E-state index contributed by atoms with van der Waals surface area (Å²) < 4.78 is 118. The fraction of sp³-hybridized carbons (Fsp3) is 0.359. The largest absolute Gasteiger partial charge is 0.300 e. The number of carbonyl (C=O) groups excluding carboxylic acids is 1. The first kappa shape index (κ1) is 43.3. The molecule has 0 radical (unpaired) electrons. The molecule has 1 aliphatic rings. The van der Waals surface area contributed by atoms with E-state index in [1.165, 1.54) is 48.5 Å². The van der Waals surface area contributed by atoms with E-state index in [0.717, 1.165) is 39.5 Å². The van der Waals surface area contributed by atoms with Gasteiger partial charge < -0.3 is 0 Å². The lowest BCUT2D eigenvalue weighted by Crippen LogP contribution is -2.46. The van der Waals surface area contributed by atoms with Crippen molar-refractivity contribution in [2.24, 2.45) is 0 Å². The van der Waals surface area contributed by atoms with Gasteiger partial charge in [-0.3, -0.25) is 4.79 Å². The van der Waals surface area contributed by atoms with Gasteiger partial charge in [-0.15, -0.1) is 0 Å². The van der Waals surface area contributed by atoms with Crippen molar-refractivity contribution >= 4 is 45.9 Å². The zero-order valence-corrected chi connectivity index (χ0v) is 35.2. The Bertz CT molecular complexity index is 2270. The molecule has 0 aromatic heterocycles. The van der Waals surface area contributed by atoms with Gasteiger partial charge in [-0.1, -0.05) is 70.8 Å². The highest BCUT2D eigenvalue weighted by atomic mass is 32.2. The van der Waals surface area contributed by atoms with Gasteiger partial charge in [0.25, 0.3) is 0 Å². The van der Waals surface area contributed by atoms with E-state index in [4.69, 9.17) is 0 Å². The van der Waals surface area contributed by atoms with E-state index in [1.54, 1.807) is 76.2 Å². The van der Waals surface area contributed by atoms with Crippen LogP contribution >= 0.6 is 0 Å². The lowest BCUT2D eigenvalue weighted by molar-refractivity contribution is -0.119. The predicted octanol–water partition coefficient (Wildman–Crippen LogP) is 4.35. The van der Waals surface area contributed by atoms with Crippen LogP contribution in [0, 0.1) is 27.7 Å². The lowest BCUT2D eigenvalue weighted by atomic mass is 10.2. The number of rotatable bonds is 8. The van der Waals surface area contributed by atoms with Gasteiger partial charge in [0, 0.05) is 65.2 Å². The number of hydrogen-bond donors (Lipinski definition) is 0. The third-order valence-electron chi connectivity index (χ3n) is 9.71. The highest BCUT2D eigenvalue weighted by Gasteiger charge is 2.34. The number of aryl methyl sites for hydroxylation is 4. The quantitative estimate of drug-likeness (QED) is 0.251. The summed E-state index contributed by atoms with van der Waals surface area (Å²) in [6.07, 6.45) is -0.551. The van der Waals surface area contributed by atoms with Gasteiger partial charge in [0.2, 0.25) is 40.1 Å². The van der Waals surface area contributed by atoms with Crippen LogP contribution in [0.4, 0.5) is 0 Å². The number of nitrogens with zero attached hydrogens (tertiary/aromatic N) is 4. The number of sulfonamides is 4. The fourth-order valence-corrected chi connectivity index (χ4v) is 11.8. The van der Waals surface area contributed by atoms with Crippen LogP contribution in [0.2, 0.25) is 0 Å². The second kappa shape index (κ2) is 17.8. The topological polar surface area (TPSA) is 167 Å². The molecule has 1 fully saturated rings. The van der Waals surface area contributed by atoms with Gasteiger partial charge in [-0.05, 0) is 76.2 Å². The molecule has 17 heteroatoms. The van der Waals surface area contributed by atoms with E-state index in [0.29, 0.717) is 0 Å². The Kier molecular flexibility index (Phi) is 13.7. The Morgan fingerprint density at radius 2 is 0.500 bits per heavy atom. The average Bonchev–Trinajstić information content (AvgIpc) is 3.15. The van der Waals surface area contributed by atoms with E-state index in [2.05, 4.69) is 0 Å². The zero-order chi connectivity index (χ0) is 40.9. The normalized spacial score (nSPS) is 17.6. The molecule has 0 N–H and O–H groups in total. The van der Waals surface area contributed by atoms with Crippen molar-refractivity contribution in [2.45, 2.75) is 60.1 Å². The molecule has 1 saturated heterocycles. The first-order valence-corrected chi connectivity index (χ1v) is 23.9. The molecular formula is C39H48N4O9S4. The first-order chi connectivity index (χ1) is 26.3. The van der Waals surface area contributed by atoms with Crippen molar-refractivity contribution in [1.82, 2.24) is 17.2 Å². The van der Waals surface area contributed by atoms with E-state index >= 15 is 0 Å². The van der Waals surface area contributed by atoms with E-state index in [-0.39, 0.29) is 71.7 Å². The minimum atomic E-state index is -4.34. The van der Waals surface area contributed by atoms with Crippen molar-refractivity contribution in [2.75, 3.05) is 52.4 Å². The van der Waals surface area contributed by atoms with Gasteiger partial charge in [0.1, 0.15) is 5.78 Å². The maximum Gasteiger partial charge on any atom is 0.243 e. The second-order valence-corrected chi connectivity index (χ2v) is 21.7. The zero-order valence-electron chi connectivity index (χ0n) is 31.9. The monoisotopic (exact) mass is 844 g/mol. The molecule has 5 rings (SSSR count). The second-order valence-electron chi connectivity index (χ2n) is 13.9. The smallest absolute Gasteiger partial charge is 0.243 e. The van der Waals surface area contributed by atoms with Crippen LogP contribution in [-0.4, -0.2) is 109 Å². The molecule has 0 unspecified atom stereocenters. The summed E-state index contributed by atoms with van der Waals surface area (Å²) in [5.41, 5.74) is 3.26. The molecule has 4 aromatic carbocycles. The Labute approximate surface area is 331 Å². The minimum Gasteiger partial charge on any atom is -0.300 e. The molecule has 302 valence electrons. The standard InChI is InChI=1S/C39H48N4O9S4/c1-31-5-13-36(14-6-31)53(45,46)40-23-21-35(44)22-24-41(54(47,48)37-15-7-32(2)8-16-37)26-28-43(56(51,52)39-19-11-34(4)12-20-39)30-29-42(27-25-40)55(49,50)38-17-9-33(3)10-18-38/h5-20H,21-30H2,1-4H3. The molecule has 0 saturated carbocycles. The fourth-order valence-electron chi connectivity index (χ4n) is 6.14. The summed E-state index contributed by atoms with van der Waals surface area (Å²) in [5.74, 6) is -0.429. The van der Waals surface area contributed by atoms with Crippen LogP contribution in [0.5, 0.6) is 0 Å². The van der Waals surface area contributed by atoms with Gasteiger partial charge in [-0.2, -0.15) is 17.2 Å². The highest BCUT2D eigenvalue weighted by molar-refractivity contribution is 7.90. The average molecular weight is 845 g/mol. The van der Waals surface area contributed by atoms with E-state index in [9.17, 15) is 38.5 Å². The molecule has 0 spiro atoms. The third kappa shape index (κ3) is 10.2. The Morgan fingerprint density at radius 3 is 0.696 bits per heavy atom. The van der Waals surface area contributed by atoms with Crippen molar-refractivity contribution in [3.63, 3.8) is 0 Å². The van der Waals surface area contributed by atoms with Gasteiger partial charge in [0.15, 0.2) is 0 Å². The summed E-state index contributed by atoms with van der Waals surface area (Å²) in [7, 11) is -17.2. The number of ketones is 1. The molecule has 4 aromatic rings. The van der Waals surface area contributed by atoms with Crippen molar-refractivity contribution in [3.8, 4) is 0 Å². The van der Waals surface area contributed by atoms with Gasteiger partial charge in [-0.25, -0.2) is 33.7 Å². The molecule has 1 aliphatic heterocycles. The maximum absolute atomic E-state index is 14.3. The third-order valence-corrected chi connectivity index (χ3v) is 17.4. The number of carbonyl (C=O) groups is 1. The summed E-state index contributed by atoms with van der Waals surface area (Å²) in [6.45, 7) is 4.35. The van der Waals surface area contributed by atoms with Crippen LogP contribution in [0.15, 0.2) is 117 Å². The lowest BCUT2D eigenvalue weighted by Gasteiger charge is -2.30. The summed E-state index contributed by atoms with van der Waals surface area (Å²) >= 11 is 0. The summed E-state index contributed by atoms with van der Waals surface area (Å²) in [4.78, 5) is 13.2. The molecule has 13 nitrogen and oxygen atoms in total. The van der Waals surface area contributed by atoms with Crippen LogP contribution in [0.1, 0.15) is 35.1 Å². The Morgan fingerprint density at radius 1 is 0.321 bits per heavy atom. The molecule has 0 amide bonds. The van der Waals surface area contributed by atoms with Gasteiger partial charge >= 0.3 is 0 Å². The highest BCUT2D eigenvalue weighted by Crippen LogP contribution is 2.24.